The van der Waals surface area contributed by atoms with E-state index in [9.17, 15) is 4.79 Å². The average Bonchev–Trinajstić information content (AvgIpc) is 2.29. The zero-order valence-electron chi connectivity index (χ0n) is 9.73. The zero-order chi connectivity index (χ0) is 11.5. The van der Waals surface area contributed by atoms with Gasteiger partial charge >= 0.3 is 0 Å². The van der Waals surface area contributed by atoms with Crippen molar-refractivity contribution in [2.45, 2.75) is 26.2 Å². The molecule has 0 bridgehead atoms. The molecule has 0 aliphatic rings. The number of carbonyl (C=O) groups is 1. The third-order valence-electron chi connectivity index (χ3n) is 2.95. The van der Waals surface area contributed by atoms with Gasteiger partial charge in [0.25, 0.3) is 0 Å². The minimum Gasteiger partial charge on any atom is -0.303 e. The number of fused-ring (bicyclic) bond motifs is 1. The Morgan fingerprint density at radius 1 is 1.12 bits per heavy atom. The second-order valence-electron chi connectivity index (χ2n) is 4.39. The van der Waals surface area contributed by atoms with Crippen LogP contribution >= 0.6 is 0 Å². The van der Waals surface area contributed by atoms with E-state index in [0.717, 1.165) is 11.8 Å². The molecule has 0 aliphatic heterocycles. The van der Waals surface area contributed by atoms with E-state index in [0.29, 0.717) is 12.3 Å². The summed E-state index contributed by atoms with van der Waals surface area (Å²) in [5, 5.41) is 2.48. The van der Waals surface area contributed by atoms with Crippen LogP contribution in [-0.2, 0) is 11.2 Å². The van der Waals surface area contributed by atoms with Crippen molar-refractivity contribution in [3.05, 3.63) is 47.5 Å². The van der Waals surface area contributed by atoms with Crippen LogP contribution < -0.4 is 0 Å². The fourth-order valence-electron chi connectivity index (χ4n) is 2.19. The lowest BCUT2D eigenvalue weighted by molar-refractivity contribution is -0.107. The summed E-state index contributed by atoms with van der Waals surface area (Å²) in [5.74, 6) is 0.483. The Hall–Kier alpha value is -1.63. The van der Waals surface area contributed by atoms with Gasteiger partial charge in [-0.2, -0.15) is 0 Å². The highest BCUT2D eigenvalue weighted by Gasteiger charge is 2.08. The molecule has 1 nitrogen and oxygen atoms in total. The predicted molar refractivity (Wildman–Crippen MR) is 67.8 cm³/mol. The van der Waals surface area contributed by atoms with E-state index in [4.69, 9.17) is 0 Å². The Kier molecular flexibility index (Phi) is 3.04. The molecule has 0 fully saturated rings. The first-order valence-corrected chi connectivity index (χ1v) is 5.68. The summed E-state index contributed by atoms with van der Waals surface area (Å²) in [4.78, 5) is 10.7. The van der Waals surface area contributed by atoms with Crippen molar-refractivity contribution in [2.24, 2.45) is 0 Å². The lowest BCUT2D eigenvalue weighted by Crippen LogP contribution is -1.95. The van der Waals surface area contributed by atoms with Crippen molar-refractivity contribution in [2.75, 3.05) is 0 Å². The summed E-state index contributed by atoms with van der Waals surface area (Å²) in [5.41, 5.74) is 2.46. The highest BCUT2D eigenvalue weighted by atomic mass is 16.1. The van der Waals surface area contributed by atoms with Gasteiger partial charge in [0.2, 0.25) is 0 Å². The van der Waals surface area contributed by atoms with Gasteiger partial charge in [-0.15, -0.1) is 0 Å². The fourth-order valence-corrected chi connectivity index (χ4v) is 2.19. The number of benzene rings is 2. The maximum absolute atomic E-state index is 10.7. The Morgan fingerprint density at radius 3 is 2.44 bits per heavy atom. The summed E-state index contributed by atoms with van der Waals surface area (Å²) in [6.45, 7) is 4.37. The molecule has 0 unspecified atom stereocenters. The minimum atomic E-state index is 0.483. The molecule has 0 saturated heterocycles. The second-order valence-corrected chi connectivity index (χ2v) is 4.39. The maximum atomic E-state index is 10.7. The van der Waals surface area contributed by atoms with Crippen molar-refractivity contribution in [1.29, 1.82) is 0 Å². The van der Waals surface area contributed by atoms with E-state index < -0.39 is 0 Å². The van der Waals surface area contributed by atoms with Crippen LogP contribution in [0.4, 0.5) is 0 Å². The van der Waals surface area contributed by atoms with Crippen molar-refractivity contribution in [3.8, 4) is 0 Å². The van der Waals surface area contributed by atoms with Crippen molar-refractivity contribution in [3.63, 3.8) is 0 Å². The molecule has 0 spiro atoms. The molecule has 0 radical (unpaired) electrons. The molecule has 82 valence electrons. The van der Waals surface area contributed by atoms with E-state index in [1.54, 1.807) is 0 Å². The molecule has 2 rings (SSSR count). The topological polar surface area (TPSA) is 17.1 Å². The molecule has 0 atom stereocenters. The van der Waals surface area contributed by atoms with Crippen LogP contribution in [0.1, 0.15) is 30.9 Å². The van der Waals surface area contributed by atoms with Crippen LogP contribution in [0.15, 0.2) is 36.4 Å². The number of rotatable bonds is 3. The molecule has 0 N–H and O–H groups in total. The molecule has 0 aliphatic carbocycles. The molecule has 0 amide bonds. The lowest BCUT2D eigenvalue weighted by Gasteiger charge is -2.12. The maximum Gasteiger partial charge on any atom is 0.124 e. The normalized spacial score (nSPS) is 10.9. The first-order valence-electron chi connectivity index (χ1n) is 5.68. The van der Waals surface area contributed by atoms with Crippen molar-refractivity contribution in [1.82, 2.24) is 0 Å². The monoisotopic (exact) mass is 212 g/mol. The molecular weight excluding hydrogens is 196 g/mol. The Balaban J connectivity index is 2.76. The molecule has 0 saturated carbocycles. The summed E-state index contributed by atoms with van der Waals surface area (Å²) >= 11 is 0. The van der Waals surface area contributed by atoms with E-state index in [1.807, 2.05) is 12.1 Å². The smallest absolute Gasteiger partial charge is 0.124 e. The van der Waals surface area contributed by atoms with E-state index in [1.165, 1.54) is 16.3 Å². The third-order valence-corrected chi connectivity index (χ3v) is 2.95. The number of carbonyl (C=O) groups excluding carboxylic acids is 1. The quantitative estimate of drug-likeness (QED) is 0.709. The van der Waals surface area contributed by atoms with Crippen LogP contribution in [0.25, 0.3) is 10.8 Å². The van der Waals surface area contributed by atoms with E-state index in [-0.39, 0.29) is 0 Å². The van der Waals surface area contributed by atoms with Crippen LogP contribution in [0, 0.1) is 0 Å². The molecule has 2 aromatic carbocycles. The van der Waals surface area contributed by atoms with Crippen LogP contribution in [0.2, 0.25) is 0 Å². The first-order chi connectivity index (χ1) is 7.74. The molecule has 1 heteroatoms. The average molecular weight is 212 g/mol. The Labute approximate surface area is 96.1 Å². The number of aldehydes is 1. The van der Waals surface area contributed by atoms with Gasteiger partial charge in [0, 0.05) is 6.42 Å². The standard InChI is InChI=1S/C15H16O/c1-11(2)14-8-4-7-12-5-3-6-13(9-10-16)15(12)14/h3-8,10-11H,9H2,1-2H3. The highest BCUT2D eigenvalue weighted by molar-refractivity contribution is 5.90. The Morgan fingerprint density at radius 2 is 1.81 bits per heavy atom. The molecule has 2 aromatic rings. The molecule has 0 aromatic heterocycles. The van der Waals surface area contributed by atoms with Gasteiger partial charge in [-0.05, 0) is 27.8 Å². The van der Waals surface area contributed by atoms with Gasteiger partial charge in [-0.1, -0.05) is 50.2 Å². The van der Waals surface area contributed by atoms with Gasteiger partial charge in [0.05, 0.1) is 0 Å². The minimum absolute atomic E-state index is 0.483. The molecular formula is C15H16O. The SMILES string of the molecule is CC(C)c1cccc2cccc(CC=O)c12. The summed E-state index contributed by atoms with van der Waals surface area (Å²) < 4.78 is 0. The summed E-state index contributed by atoms with van der Waals surface area (Å²) in [6.07, 6.45) is 1.48. The van der Waals surface area contributed by atoms with Crippen molar-refractivity contribution >= 4 is 17.1 Å². The number of hydrogen-bond acceptors (Lipinski definition) is 1. The second kappa shape index (κ2) is 4.48. The fraction of sp³-hybridized carbons (Fsp3) is 0.267. The van der Waals surface area contributed by atoms with Crippen LogP contribution in [0.5, 0.6) is 0 Å². The van der Waals surface area contributed by atoms with Gasteiger partial charge in [0.1, 0.15) is 6.29 Å². The zero-order valence-corrected chi connectivity index (χ0v) is 9.73. The third kappa shape index (κ3) is 1.85. The van der Waals surface area contributed by atoms with Crippen LogP contribution in [0.3, 0.4) is 0 Å². The largest absolute Gasteiger partial charge is 0.303 e. The highest BCUT2D eigenvalue weighted by Crippen LogP contribution is 2.28. The van der Waals surface area contributed by atoms with Gasteiger partial charge in [-0.25, -0.2) is 0 Å². The van der Waals surface area contributed by atoms with Gasteiger partial charge < -0.3 is 4.79 Å². The first kappa shape index (κ1) is 10.9. The summed E-state index contributed by atoms with van der Waals surface area (Å²) in [7, 11) is 0. The lowest BCUT2D eigenvalue weighted by atomic mass is 9.92. The van der Waals surface area contributed by atoms with Gasteiger partial charge in [0.15, 0.2) is 0 Å². The number of hydrogen-bond donors (Lipinski definition) is 0. The molecule has 0 heterocycles. The van der Waals surface area contributed by atoms with Crippen LogP contribution in [-0.4, -0.2) is 6.29 Å². The molecule has 16 heavy (non-hydrogen) atoms. The Bertz CT molecular complexity index is 507. The van der Waals surface area contributed by atoms with E-state index >= 15 is 0 Å². The summed E-state index contributed by atoms with van der Waals surface area (Å²) in [6, 6.07) is 12.5. The van der Waals surface area contributed by atoms with Crippen molar-refractivity contribution < 1.29 is 4.79 Å². The van der Waals surface area contributed by atoms with E-state index in [2.05, 4.69) is 38.1 Å². The predicted octanol–water partition coefficient (Wildman–Crippen LogP) is 3.70. The van der Waals surface area contributed by atoms with Gasteiger partial charge in [-0.3, -0.25) is 0 Å².